The van der Waals surface area contributed by atoms with Gasteiger partial charge in [0.05, 0.1) is 12.1 Å². The number of anilines is 1. The molecular weight excluding hydrogens is 331 g/mol. The molecule has 24 heavy (non-hydrogen) atoms. The highest BCUT2D eigenvalue weighted by Gasteiger charge is 2.23. The van der Waals surface area contributed by atoms with Gasteiger partial charge in [-0.15, -0.1) is 0 Å². The molecule has 5 nitrogen and oxygen atoms in total. The van der Waals surface area contributed by atoms with Crippen LogP contribution in [0.15, 0.2) is 48.9 Å². The van der Waals surface area contributed by atoms with Crippen molar-refractivity contribution in [3.05, 3.63) is 71.2 Å². The van der Waals surface area contributed by atoms with Crippen molar-refractivity contribution in [2.24, 2.45) is 7.05 Å². The van der Waals surface area contributed by atoms with Gasteiger partial charge < -0.3 is 14.6 Å². The van der Waals surface area contributed by atoms with Crippen LogP contribution in [0.3, 0.4) is 0 Å². The second-order valence-corrected chi connectivity index (χ2v) is 5.64. The predicted octanol–water partition coefficient (Wildman–Crippen LogP) is 3.82. The summed E-state index contributed by atoms with van der Waals surface area (Å²) in [7, 11) is 3.47. The molecule has 0 aliphatic carbocycles. The average Bonchev–Trinajstić information content (AvgIpc) is 3.00. The van der Waals surface area contributed by atoms with Gasteiger partial charge in [0, 0.05) is 31.2 Å². The van der Waals surface area contributed by atoms with E-state index in [-0.39, 0.29) is 10.8 Å². The number of halogens is 2. The Balaban J connectivity index is 2.07. The van der Waals surface area contributed by atoms with Crippen molar-refractivity contribution < 1.29 is 9.13 Å². The van der Waals surface area contributed by atoms with Crippen LogP contribution in [-0.4, -0.2) is 21.6 Å². The third-order valence-electron chi connectivity index (χ3n) is 3.66. The van der Waals surface area contributed by atoms with E-state index < -0.39 is 11.9 Å². The second kappa shape index (κ2) is 6.88. The summed E-state index contributed by atoms with van der Waals surface area (Å²) < 4.78 is 21.5. The summed E-state index contributed by atoms with van der Waals surface area (Å²) in [4.78, 5) is 8.42. The van der Waals surface area contributed by atoms with E-state index in [2.05, 4.69) is 15.3 Å². The maximum absolute atomic E-state index is 14.2. The molecular formula is C17H16ClFN4O. The zero-order chi connectivity index (χ0) is 17.1. The number of aryl methyl sites for hydroxylation is 1. The summed E-state index contributed by atoms with van der Waals surface area (Å²) in [6.45, 7) is 0. The number of ether oxygens (including phenoxy) is 1. The molecule has 0 aliphatic rings. The molecule has 1 atom stereocenters. The van der Waals surface area contributed by atoms with Crippen LogP contribution < -0.4 is 10.1 Å². The Labute approximate surface area is 144 Å². The number of imidazole rings is 1. The highest BCUT2D eigenvalue weighted by Crippen LogP contribution is 2.32. The zero-order valence-corrected chi connectivity index (χ0v) is 14.0. The molecule has 1 N–H and O–H groups in total. The van der Waals surface area contributed by atoms with Gasteiger partial charge in [-0.3, -0.25) is 0 Å². The first-order valence-corrected chi connectivity index (χ1v) is 7.65. The van der Waals surface area contributed by atoms with E-state index in [9.17, 15) is 4.39 Å². The minimum atomic E-state index is -0.531. The molecule has 0 saturated carbocycles. The van der Waals surface area contributed by atoms with Crippen LogP contribution in [0.4, 0.5) is 10.2 Å². The topological polar surface area (TPSA) is 52.0 Å². The van der Waals surface area contributed by atoms with E-state index in [4.69, 9.17) is 16.3 Å². The van der Waals surface area contributed by atoms with Gasteiger partial charge in [0.25, 0.3) is 0 Å². The third kappa shape index (κ3) is 3.19. The summed E-state index contributed by atoms with van der Waals surface area (Å²) in [6.07, 6.45) is 4.90. The van der Waals surface area contributed by atoms with Crippen LogP contribution in [-0.2, 0) is 7.05 Å². The molecule has 0 aliphatic heterocycles. The molecule has 1 unspecified atom stereocenters. The maximum Gasteiger partial charge on any atom is 0.166 e. The van der Waals surface area contributed by atoms with E-state index in [1.807, 2.05) is 42.1 Å². The summed E-state index contributed by atoms with van der Waals surface area (Å²) in [6, 6.07) is 8.29. The van der Waals surface area contributed by atoms with Crippen molar-refractivity contribution in [2.45, 2.75) is 6.04 Å². The Morgan fingerprint density at radius 2 is 2.08 bits per heavy atom. The van der Waals surface area contributed by atoms with Crippen LogP contribution in [0.25, 0.3) is 0 Å². The Hall–Kier alpha value is -2.60. The SMILES string of the molecule is COc1ccccc1C(Nc1ncc(Cl)cc1F)c1nccn1C. The van der Waals surface area contributed by atoms with Crippen molar-refractivity contribution in [1.29, 1.82) is 0 Å². The van der Waals surface area contributed by atoms with Gasteiger partial charge in [-0.25, -0.2) is 14.4 Å². The maximum atomic E-state index is 14.2. The van der Waals surface area contributed by atoms with E-state index in [0.29, 0.717) is 11.6 Å². The number of pyridine rings is 1. The number of nitrogens with one attached hydrogen (secondary N) is 1. The van der Waals surface area contributed by atoms with E-state index in [1.165, 1.54) is 12.3 Å². The van der Waals surface area contributed by atoms with Gasteiger partial charge >= 0.3 is 0 Å². The van der Waals surface area contributed by atoms with Crippen LogP contribution in [0.5, 0.6) is 5.75 Å². The van der Waals surface area contributed by atoms with Crippen molar-refractivity contribution in [3.8, 4) is 5.75 Å². The summed E-state index contributed by atoms with van der Waals surface area (Å²) >= 11 is 5.78. The molecule has 0 radical (unpaired) electrons. The lowest BCUT2D eigenvalue weighted by atomic mass is 10.0. The van der Waals surface area contributed by atoms with E-state index >= 15 is 0 Å². The fourth-order valence-electron chi connectivity index (χ4n) is 2.50. The Bertz CT molecular complexity index is 852. The third-order valence-corrected chi connectivity index (χ3v) is 3.86. The highest BCUT2D eigenvalue weighted by molar-refractivity contribution is 6.30. The first-order chi connectivity index (χ1) is 11.6. The quantitative estimate of drug-likeness (QED) is 0.763. The monoisotopic (exact) mass is 346 g/mol. The van der Waals surface area contributed by atoms with Crippen molar-refractivity contribution in [3.63, 3.8) is 0 Å². The molecule has 7 heteroatoms. The fourth-order valence-corrected chi connectivity index (χ4v) is 2.64. The Kier molecular flexibility index (Phi) is 4.66. The predicted molar refractivity (Wildman–Crippen MR) is 90.9 cm³/mol. The molecule has 3 rings (SSSR count). The lowest BCUT2D eigenvalue weighted by molar-refractivity contribution is 0.408. The van der Waals surface area contributed by atoms with Gasteiger partial charge in [0.2, 0.25) is 0 Å². The van der Waals surface area contributed by atoms with Gasteiger partial charge in [-0.1, -0.05) is 29.8 Å². The number of hydrogen-bond acceptors (Lipinski definition) is 4. The molecule has 0 bridgehead atoms. The number of methoxy groups -OCH3 is 1. The van der Waals surface area contributed by atoms with Gasteiger partial charge in [0.1, 0.15) is 17.6 Å². The minimum Gasteiger partial charge on any atom is -0.496 e. The van der Waals surface area contributed by atoms with E-state index in [0.717, 1.165) is 5.56 Å². The van der Waals surface area contributed by atoms with Crippen LogP contribution in [0.2, 0.25) is 5.02 Å². The van der Waals surface area contributed by atoms with E-state index in [1.54, 1.807) is 13.3 Å². The molecule has 124 valence electrons. The summed E-state index contributed by atoms with van der Waals surface area (Å²) in [5, 5.41) is 3.34. The van der Waals surface area contributed by atoms with Gasteiger partial charge in [0.15, 0.2) is 11.6 Å². The average molecular weight is 347 g/mol. The first kappa shape index (κ1) is 16.3. The molecule has 2 aromatic heterocycles. The number of nitrogens with zero attached hydrogens (tertiary/aromatic N) is 3. The largest absolute Gasteiger partial charge is 0.496 e. The van der Waals surface area contributed by atoms with Crippen LogP contribution in [0, 0.1) is 5.82 Å². The van der Waals surface area contributed by atoms with Crippen molar-refractivity contribution >= 4 is 17.4 Å². The first-order valence-electron chi connectivity index (χ1n) is 7.28. The molecule has 3 aromatic rings. The number of para-hydroxylation sites is 1. The lowest BCUT2D eigenvalue weighted by Crippen LogP contribution is -2.19. The number of hydrogen-bond donors (Lipinski definition) is 1. The molecule has 0 amide bonds. The molecule has 2 heterocycles. The van der Waals surface area contributed by atoms with Gasteiger partial charge in [-0.2, -0.15) is 0 Å². The van der Waals surface area contributed by atoms with Gasteiger partial charge in [-0.05, 0) is 12.1 Å². The normalized spacial score (nSPS) is 12.0. The van der Waals surface area contributed by atoms with Crippen molar-refractivity contribution in [2.75, 3.05) is 12.4 Å². The van der Waals surface area contributed by atoms with Crippen LogP contribution >= 0.6 is 11.6 Å². The standard InChI is InChI=1S/C17H16ClFN4O/c1-23-8-7-20-17(23)15(12-5-3-4-6-14(12)24-2)22-16-13(19)9-11(18)10-21-16/h3-10,15H,1-2H3,(H,21,22). The fraction of sp³-hybridized carbons (Fsp3) is 0.176. The minimum absolute atomic E-state index is 0.0957. The molecule has 0 spiro atoms. The number of aromatic nitrogens is 3. The second-order valence-electron chi connectivity index (χ2n) is 5.20. The highest BCUT2D eigenvalue weighted by atomic mass is 35.5. The smallest absolute Gasteiger partial charge is 0.166 e. The molecule has 1 aromatic carbocycles. The Morgan fingerprint density at radius 3 is 2.75 bits per heavy atom. The Morgan fingerprint density at radius 1 is 1.29 bits per heavy atom. The summed E-state index contributed by atoms with van der Waals surface area (Å²) in [5.74, 6) is 0.943. The molecule has 0 fully saturated rings. The lowest BCUT2D eigenvalue weighted by Gasteiger charge is -2.22. The summed E-state index contributed by atoms with van der Waals surface area (Å²) in [5.41, 5.74) is 0.824. The number of rotatable bonds is 5. The van der Waals surface area contributed by atoms with Crippen molar-refractivity contribution in [1.82, 2.24) is 14.5 Å². The number of benzene rings is 1. The van der Waals surface area contributed by atoms with Crippen LogP contribution in [0.1, 0.15) is 17.4 Å². The zero-order valence-electron chi connectivity index (χ0n) is 13.2. The molecule has 0 saturated heterocycles.